The summed E-state index contributed by atoms with van der Waals surface area (Å²) in [5, 5.41) is 0.526. The average Bonchev–Trinajstić information content (AvgIpc) is 2.47. The molecule has 0 spiro atoms. The number of anilines is 1. The molecule has 1 aromatic heterocycles. The standard InChI is InChI=1S/C15H14ClN3O/c16-11-4-5-14(18-8-11)15(20)19-7-6-12-10(9-19)2-1-3-13(12)17/h1-5,8H,6-7,9,17H2. The molecule has 20 heavy (non-hydrogen) atoms. The van der Waals surface area contributed by atoms with Crippen LogP contribution >= 0.6 is 11.6 Å². The number of aromatic nitrogens is 1. The second-order valence-corrected chi connectivity index (χ2v) is 5.26. The van der Waals surface area contributed by atoms with Gasteiger partial charge in [0.15, 0.2) is 0 Å². The number of nitrogens with two attached hydrogens (primary N) is 1. The van der Waals surface area contributed by atoms with Gasteiger partial charge in [0.1, 0.15) is 5.69 Å². The fraction of sp³-hybridized carbons (Fsp3) is 0.200. The van der Waals surface area contributed by atoms with Crippen LogP contribution in [0.4, 0.5) is 5.69 Å². The maximum absolute atomic E-state index is 12.4. The van der Waals surface area contributed by atoms with Gasteiger partial charge < -0.3 is 10.6 Å². The van der Waals surface area contributed by atoms with Crippen molar-refractivity contribution in [2.45, 2.75) is 13.0 Å². The van der Waals surface area contributed by atoms with Gasteiger partial charge in [-0.1, -0.05) is 23.7 Å². The Bertz CT molecular complexity index is 655. The van der Waals surface area contributed by atoms with Crippen LogP contribution in [0.1, 0.15) is 21.6 Å². The number of carbonyl (C=O) groups excluding carboxylic acids is 1. The Morgan fingerprint density at radius 2 is 2.15 bits per heavy atom. The highest BCUT2D eigenvalue weighted by Gasteiger charge is 2.23. The monoisotopic (exact) mass is 287 g/mol. The number of fused-ring (bicyclic) bond motifs is 1. The minimum absolute atomic E-state index is 0.0743. The van der Waals surface area contributed by atoms with Gasteiger partial charge >= 0.3 is 0 Å². The Balaban J connectivity index is 1.83. The Morgan fingerprint density at radius 3 is 2.90 bits per heavy atom. The lowest BCUT2D eigenvalue weighted by Crippen LogP contribution is -2.36. The number of amides is 1. The van der Waals surface area contributed by atoms with Crippen molar-refractivity contribution >= 4 is 23.2 Å². The molecule has 0 bridgehead atoms. The summed E-state index contributed by atoms with van der Waals surface area (Å²) in [4.78, 5) is 18.3. The number of pyridine rings is 1. The van der Waals surface area contributed by atoms with Crippen LogP contribution in [-0.2, 0) is 13.0 Å². The summed E-state index contributed by atoms with van der Waals surface area (Å²) in [5.41, 5.74) is 9.45. The fourth-order valence-electron chi connectivity index (χ4n) is 2.48. The lowest BCUT2D eigenvalue weighted by Gasteiger charge is -2.29. The molecule has 0 saturated carbocycles. The Hall–Kier alpha value is -2.07. The third-order valence-electron chi connectivity index (χ3n) is 3.54. The first-order valence-electron chi connectivity index (χ1n) is 6.42. The number of hydrogen-bond donors (Lipinski definition) is 1. The van der Waals surface area contributed by atoms with Crippen molar-refractivity contribution in [1.82, 2.24) is 9.88 Å². The average molecular weight is 288 g/mol. The molecule has 4 nitrogen and oxygen atoms in total. The largest absolute Gasteiger partial charge is 0.398 e. The minimum Gasteiger partial charge on any atom is -0.398 e. The molecule has 1 aliphatic heterocycles. The molecule has 0 atom stereocenters. The van der Waals surface area contributed by atoms with E-state index in [1.807, 2.05) is 18.2 Å². The van der Waals surface area contributed by atoms with Gasteiger partial charge in [0.05, 0.1) is 5.02 Å². The first kappa shape index (κ1) is 12.9. The zero-order chi connectivity index (χ0) is 14.1. The smallest absolute Gasteiger partial charge is 0.272 e. The van der Waals surface area contributed by atoms with Gasteiger partial charge in [-0.3, -0.25) is 4.79 Å². The Kier molecular flexibility index (Phi) is 3.32. The van der Waals surface area contributed by atoms with Crippen LogP contribution < -0.4 is 5.73 Å². The number of halogens is 1. The third kappa shape index (κ3) is 2.34. The number of carbonyl (C=O) groups is 1. The number of benzene rings is 1. The summed E-state index contributed by atoms with van der Waals surface area (Å²) < 4.78 is 0. The maximum atomic E-state index is 12.4. The summed E-state index contributed by atoms with van der Waals surface area (Å²) in [5.74, 6) is -0.0743. The highest BCUT2D eigenvalue weighted by molar-refractivity contribution is 6.30. The van der Waals surface area contributed by atoms with Crippen molar-refractivity contribution in [2.24, 2.45) is 0 Å². The van der Waals surface area contributed by atoms with Crippen LogP contribution in [0.15, 0.2) is 36.5 Å². The van der Waals surface area contributed by atoms with Crippen LogP contribution in [0.25, 0.3) is 0 Å². The van der Waals surface area contributed by atoms with Gasteiger partial charge in [0, 0.05) is 25.0 Å². The second-order valence-electron chi connectivity index (χ2n) is 4.82. The predicted molar refractivity (Wildman–Crippen MR) is 78.5 cm³/mol. The van der Waals surface area contributed by atoms with Crippen molar-refractivity contribution in [3.63, 3.8) is 0 Å². The van der Waals surface area contributed by atoms with Gasteiger partial charge in [0.25, 0.3) is 5.91 Å². The maximum Gasteiger partial charge on any atom is 0.272 e. The summed E-state index contributed by atoms with van der Waals surface area (Å²) in [6, 6.07) is 9.16. The number of rotatable bonds is 1. The van der Waals surface area contributed by atoms with Crippen LogP contribution in [0.3, 0.4) is 0 Å². The first-order valence-corrected chi connectivity index (χ1v) is 6.80. The summed E-state index contributed by atoms with van der Waals surface area (Å²) in [6.45, 7) is 1.23. The van der Waals surface area contributed by atoms with E-state index >= 15 is 0 Å². The van der Waals surface area contributed by atoms with Crippen molar-refractivity contribution < 1.29 is 4.79 Å². The van der Waals surface area contributed by atoms with E-state index in [4.69, 9.17) is 17.3 Å². The minimum atomic E-state index is -0.0743. The van der Waals surface area contributed by atoms with E-state index in [0.717, 1.165) is 23.2 Å². The zero-order valence-electron chi connectivity index (χ0n) is 10.8. The van der Waals surface area contributed by atoms with E-state index in [2.05, 4.69) is 4.98 Å². The topological polar surface area (TPSA) is 59.2 Å². The predicted octanol–water partition coefficient (Wildman–Crippen LogP) is 2.52. The molecule has 0 unspecified atom stereocenters. The number of nitrogens with zero attached hydrogens (tertiary/aromatic N) is 2. The molecule has 102 valence electrons. The van der Waals surface area contributed by atoms with Crippen molar-refractivity contribution in [3.05, 3.63) is 58.4 Å². The molecule has 1 aromatic carbocycles. The normalized spacial score (nSPS) is 13.9. The molecule has 1 aliphatic rings. The van der Waals surface area contributed by atoms with Gasteiger partial charge in [0.2, 0.25) is 0 Å². The van der Waals surface area contributed by atoms with Crippen LogP contribution in [0.2, 0.25) is 5.02 Å². The lowest BCUT2D eigenvalue weighted by atomic mass is 9.98. The van der Waals surface area contributed by atoms with Crippen LogP contribution in [-0.4, -0.2) is 22.3 Å². The summed E-state index contributed by atoms with van der Waals surface area (Å²) in [7, 11) is 0. The van der Waals surface area contributed by atoms with Crippen LogP contribution in [0.5, 0.6) is 0 Å². The third-order valence-corrected chi connectivity index (χ3v) is 3.76. The fourth-order valence-corrected chi connectivity index (χ4v) is 2.59. The van der Waals surface area contributed by atoms with Crippen molar-refractivity contribution in [1.29, 1.82) is 0 Å². The summed E-state index contributed by atoms with van der Waals surface area (Å²) >= 11 is 5.79. The number of nitrogen functional groups attached to an aromatic ring is 1. The van der Waals surface area contributed by atoms with E-state index in [1.165, 1.54) is 6.20 Å². The number of hydrogen-bond acceptors (Lipinski definition) is 3. The van der Waals surface area contributed by atoms with E-state index in [0.29, 0.717) is 23.8 Å². The van der Waals surface area contributed by atoms with Crippen molar-refractivity contribution in [3.8, 4) is 0 Å². The van der Waals surface area contributed by atoms with E-state index < -0.39 is 0 Å². The van der Waals surface area contributed by atoms with Gasteiger partial charge in [-0.2, -0.15) is 0 Å². The van der Waals surface area contributed by atoms with Gasteiger partial charge in [-0.05, 0) is 35.7 Å². The Labute approximate surface area is 122 Å². The van der Waals surface area contributed by atoms with Gasteiger partial charge in [-0.15, -0.1) is 0 Å². The molecule has 3 rings (SSSR count). The van der Waals surface area contributed by atoms with Gasteiger partial charge in [-0.25, -0.2) is 4.98 Å². The van der Waals surface area contributed by atoms with Crippen molar-refractivity contribution in [2.75, 3.05) is 12.3 Å². The molecule has 1 amide bonds. The van der Waals surface area contributed by atoms with E-state index in [-0.39, 0.29) is 5.91 Å². The highest BCUT2D eigenvalue weighted by atomic mass is 35.5. The second kappa shape index (κ2) is 5.13. The zero-order valence-corrected chi connectivity index (χ0v) is 11.6. The van der Waals surface area contributed by atoms with E-state index in [9.17, 15) is 4.79 Å². The Morgan fingerprint density at radius 1 is 1.30 bits per heavy atom. The quantitative estimate of drug-likeness (QED) is 0.820. The molecule has 2 aromatic rings. The van der Waals surface area contributed by atoms with Crippen LogP contribution in [0, 0.1) is 0 Å². The molecule has 0 aliphatic carbocycles. The molecule has 0 radical (unpaired) electrons. The molecule has 2 heterocycles. The molecular weight excluding hydrogens is 274 g/mol. The SMILES string of the molecule is Nc1cccc2c1CCN(C(=O)c1ccc(Cl)cn1)C2. The molecular formula is C15H14ClN3O. The highest BCUT2D eigenvalue weighted by Crippen LogP contribution is 2.24. The molecule has 0 saturated heterocycles. The first-order chi connectivity index (χ1) is 9.65. The lowest BCUT2D eigenvalue weighted by molar-refractivity contribution is 0.0729. The van der Waals surface area contributed by atoms with E-state index in [1.54, 1.807) is 17.0 Å². The molecule has 5 heteroatoms. The molecule has 0 fully saturated rings. The summed E-state index contributed by atoms with van der Waals surface area (Å²) in [6.07, 6.45) is 2.27. The molecule has 2 N–H and O–H groups in total.